The van der Waals surface area contributed by atoms with E-state index in [1.165, 1.54) is 0 Å². The Morgan fingerprint density at radius 1 is 1.36 bits per heavy atom. The van der Waals surface area contributed by atoms with Gasteiger partial charge in [-0.2, -0.15) is 0 Å². The third kappa shape index (κ3) is 2.62. The molecule has 1 aromatic rings. The Balaban J connectivity index is 1.95. The first-order valence-electron chi connectivity index (χ1n) is 7.40. The lowest BCUT2D eigenvalue weighted by molar-refractivity contribution is -0.133. The minimum absolute atomic E-state index is 0.252. The Morgan fingerprint density at radius 2 is 2.14 bits per heavy atom. The monoisotopic (exact) mass is 297 g/mol. The molecule has 22 heavy (non-hydrogen) atoms. The molecule has 2 N–H and O–H groups in total. The summed E-state index contributed by atoms with van der Waals surface area (Å²) in [7, 11) is 0. The maximum Gasteiger partial charge on any atom is 0.335 e. The molecule has 2 aliphatic heterocycles. The molecule has 1 unspecified atom stereocenters. The third-order valence-corrected chi connectivity index (χ3v) is 3.99. The van der Waals surface area contributed by atoms with Crippen LogP contribution in [0.4, 0.5) is 5.69 Å². The second kappa shape index (κ2) is 5.67. The highest BCUT2D eigenvalue weighted by Gasteiger charge is 2.35. The fraction of sp³-hybridized carbons (Fsp3) is 0.294. The minimum atomic E-state index is -0.951. The summed E-state index contributed by atoms with van der Waals surface area (Å²) >= 11 is 0. The van der Waals surface area contributed by atoms with Crippen molar-refractivity contribution in [2.75, 3.05) is 11.4 Å². The topological polar surface area (TPSA) is 64.9 Å². The van der Waals surface area contributed by atoms with Gasteiger partial charge >= 0.3 is 5.97 Å². The quantitative estimate of drug-likeness (QED) is 0.900. The smallest absolute Gasteiger partial charge is 0.335 e. The van der Waals surface area contributed by atoms with E-state index in [4.69, 9.17) is 4.99 Å². The zero-order chi connectivity index (χ0) is 15.6. The van der Waals surface area contributed by atoms with Crippen molar-refractivity contribution in [1.29, 1.82) is 0 Å². The Bertz CT molecular complexity index is 664. The number of para-hydroxylation sites is 1. The van der Waals surface area contributed by atoms with Gasteiger partial charge in [-0.15, -0.1) is 0 Å². The van der Waals surface area contributed by atoms with Crippen LogP contribution in [0, 0.1) is 0 Å². The van der Waals surface area contributed by atoms with E-state index in [1.54, 1.807) is 25.3 Å². The Hall–Kier alpha value is -2.56. The summed E-state index contributed by atoms with van der Waals surface area (Å²) in [6.45, 7) is 2.70. The van der Waals surface area contributed by atoms with Crippen molar-refractivity contribution in [1.82, 2.24) is 5.32 Å². The van der Waals surface area contributed by atoms with Gasteiger partial charge in [0.2, 0.25) is 0 Å². The molecule has 1 atom stereocenters. The first-order valence-corrected chi connectivity index (χ1v) is 7.40. The lowest BCUT2D eigenvalue weighted by atomic mass is 9.99. The number of rotatable bonds is 3. The summed E-state index contributed by atoms with van der Waals surface area (Å²) < 4.78 is 0. The van der Waals surface area contributed by atoms with Crippen molar-refractivity contribution in [2.45, 2.75) is 25.4 Å². The second-order valence-electron chi connectivity index (χ2n) is 5.58. The van der Waals surface area contributed by atoms with Crippen LogP contribution in [-0.4, -0.2) is 29.1 Å². The van der Waals surface area contributed by atoms with Crippen molar-refractivity contribution in [3.8, 4) is 0 Å². The molecular weight excluding hydrogens is 278 g/mol. The molecule has 0 aromatic heterocycles. The highest BCUT2D eigenvalue weighted by Crippen LogP contribution is 2.27. The number of dihydropyridines is 1. The number of hydrogen-bond acceptors (Lipinski definition) is 3. The van der Waals surface area contributed by atoms with E-state index < -0.39 is 11.6 Å². The van der Waals surface area contributed by atoms with Crippen molar-refractivity contribution >= 4 is 17.5 Å². The SMILES string of the molecule is CC1(/N=C2\CCCN2c2ccccc2)NC=CC=C1C(=O)O. The average Bonchev–Trinajstić information content (AvgIpc) is 2.95. The molecule has 0 amide bonds. The molecule has 5 nitrogen and oxygen atoms in total. The van der Waals surface area contributed by atoms with Crippen LogP contribution < -0.4 is 10.2 Å². The lowest BCUT2D eigenvalue weighted by Gasteiger charge is -2.31. The van der Waals surface area contributed by atoms with E-state index in [-0.39, 0.29) is 5.57 Å². The standard InChI is InChI=1S/C17H19N3O2/c1-17(14(16(21)22)9-5-11-18-17)19-15-10-6-12-20(15)13-7-3-2-4-8-13/h2-5,7-9,11,18H,6,10,12H2,1H3,(H,21,22)/b19-15+. The predicted octanol–water partition coefficient (Wildman–Crippen LogP) is 2.53. The van der Waals surface area contributed by atoms with Gasteiger partial charge in [-0.3, -0.25) is 0 Å². The number of carboxylic acid groups (broad SMARTS) is 1. The van der Waals surface area contributed by atoms with Gasteiger partial charge in [0.1, 0.15) is 5.84 Å². The number of aliphatic imine (C=N–C) groups is 1. The highest BCUT2D eigenvalue weighted by molar-refractivity contribution is 6.01. The Kier molecular flexibility index (Phi) is 3.71. The summed E-state index contributed by atoms with van der Waals surface area (Å²) in [5.74, 6) is -0.0309. The van der Waals surface area contributed by atoms with Gasteiger partial charge in [-0.25, -0.2) is 9.79 Å². The van der Waals surface area contributed by atoms with E-state index in [0.29, 0.717) is 0 Å². The Morgan fingerprint density at radius 3 is 2.86 bits per heavy atom. The molecule has 5 heteroatoms. The van der Waals surface area contributed by atoms with Gasteiger partial charge in [0.15, 0.2) is 5.66 Å². The van der Waals surface area contributed by atoms with Crippen molar-refractivity contribution in [3.63, 3.8) is 0 Å². The summed E-state index contributed by atoms with van der Waals surface area (Å²) in [5, 5.41) is 12.5. The predicted molar refractivity (Wildman–Crippen MR) is 86.9 cm³/mol. The summed E-state index contributed by atoms with van der Waals surface area (Å²) in [6.07, 6.45) is 6.90. The first kappa shape index (κ1) is 14.4. The summed E-state index contributed by atoms with van der Waals surface area (Å²) in [6, 6.07) is 10.1. The van der Waals surface area contributed by atoms with Crippen LogP contribution in [0.5, 0.6) is 0 Å². The van der Waals surface area contributed by atoms with E-state index >= 15 is 0 Å². The molecular formula is C17H19N3O2. The third-order valence-electron chi connectivity index (χ3n) is 3.99. The number of nitrogens with one attached hydrogen (secondary N) is 1. The molecule has 0 saturated carbocycles. The molecule has 0 radical (unpaired) electrons. The van der Waals surface area contributed by atoms with Gasteiger partial charge in [-0.1, -0.05) is 18.2 Å². The molecule has 0 aliphatic carbocycles. The number of anilines is 1. The maximum atomic E-state index is 11.5. The van der Waals surface area contributed by atoms with Crippen molar-refractivity contribution in [2.24, 2.45) is 4.99 Å². The number of nitrogens with zero attached hydrogens (tertiary/aromatic N) is 2. The van der Waals surface area contributed by atoms with Gasteiger partial charge < -0.3 is 15.3 Å². The number of amidine groups is 1. The molecule has 2 heterocycles. The van der Waals surface area contributed by atoms with Crippen LogP contribution in [0.15, 0.2) is 59.2 Å². The molecule has 1 saturated heterocycles. The lowest BCUT2D eigenvalue weighted by Crippen LogP contribution is -2.45. The molecule has 1 fully saturated rings. The number of carboxylic acids is 1. The summed E-state index contributed by atoms with van der Waals surface area (Å²) in [5.41, 5.74) is 0.407. The molecule has 1 aromatic carbocycles. The van der Waals surface area contributed by atoms with Crippen LogP contribution in [0.3, 0.4) is 0 Å². The van der Waals surface area contributed by atoms with Crippen LogP contribution in [0.25, 0.3) is 0 Å². The van der Waals surface area contributed by atoms with Gasteiger partial charge in [0, 0.05) is 18.7 Å². The fourth-order valence-corrected chi connectivity index (χ4v) is 2.89. The second-order valence-corrected chi connectivity index (χ2v) is 5.58. The molecule has 0 spiro atoms. The molecule has 2 aliphatic rings. The Labute approximate surface area is 129 Å². The molecule has 3 rings (SSSR count). The number of allylic oxidation sites excluding steroid dienone is 2. The normalized spacial score (nSPS) is 26.0. The van der Waals surface area contributed by atoms with E-state index in [1.807, 2.05) is 30.3 Å². The molecule has 0 bridgehead atoms. The number of aliphatic carboxylic acids is 1. The van der Waals surface area contributed by atoms with Crippen LogP contribution in [-0.2, 0) is 4.79 Å². The van der Waals surface area contributed by atoms with Crippen LogP contribution in [0.1, 0.15) is 19.8 Å². The average molecular weight is 297 g/mol. The van der Waals surface area contributed by atoms with E-state index in [9.17, 15) is 9.90 Å². The molecule has 114 valence electrons. The van der Waals surface area contributed by atoms with Crippen molar-refractivity contribution in [3.05, 3.63) is 54.3 Å². The fourth-order valence-electron chi connectivity index (χ4n) is 2.89. The van der Waals surface area contributed by atoms with Crippen LogP contribution >= 0.6 is 0 Å². The van der Waals surface area contributed by atoms with E-state index in [0.717, 1.165) is 30.9 Å². The maximum absolute atomic E-state index is 11.5. The number of benzene rings is 1. The largest absolute Gasteiger partial charge is 0.478 e. The van der Waals surface area contributed by atoms with Gasteiger partial charge in [0.05, 0.1) is 5.57 Å². The zero-order valence-corrected chi connectivity index (χ0v) is 12.5. The van der Waals surface area contributed by atoms with Crippen LogP contribution in [0.2, 0.25) is 0 Å². The van der Waals surface area contributed by atoms with Crippen molar-refractivity contribution < 1.29 is 9.90 Å². The zero-order valence-electron chi connectivity index (χ0n) is 12.5. The number of carbonyl (C=O) groups is 1. The first-order chi connectivity index (χ1) is 10.6. The highest BCUT2D eigenvalue weighted by atomic mass is 16.4. The summed E-state index contributed by atoms with van der Waals surface area (Å²) in [4.78, 5) is 18.4. The van der Waals surface area contributed by atoms with Gasteiger partial charge in [-0.05, 0) is 43.8 Å². The van der Waals surface area contributed by atoms with E-state index in [2.05, 4.69) is 10.2 Å². The number of hydrogen-bond donors (Lipinski definition) is 2. The van der Waals surface area contributed by atoms with Gasteiger partial charge in [0.25, 0.3) is 0 Å². The minimum Gasteiger partial charge on any atom is -0.478 e.